The lowest BCUT2D eigenvalue weighted by Gasteiger charge is -2.25. The molecule has 2 aromatic carbocycles. The quantitative estimate of drug-likeness (QED) is 0.334. The van der Waals surface area contributed by atoms with E-state index < -0.39 is 10.0 Å². The molecular formula is C26H33ClN4O4S2. The van der Waals surface area contributed by atoms with Crippen LogP contribution in [0.2, 0.25) is 5.02 Å². The number of benzene rings is 2. The van der Waals surface area contributed by atoms with E-state index in [9.17, 15) is 13.2 Å². The third-order valence-electron chi connectivity index (χ3n) is 6.64. The number of hydrogen-bond acceptors (Lipinski definition) is 7. The third kappa shape index (κ3) is 6.50. The number of carbonyl (C=O) groups is 1. The highest BCUT2D eigenvalue weighted by atomic mass is 35.5. The van der Waals surface area contributed by atoms with Crippen molar-refractivity contribution in [3.05, 3.63) is 53.1 Å². The molecule has 1 saturated heterocycles. The van der Waals surface area contributed by atoms with Crippen LogP contribution in [-0.4, -0.2) is 81.0 Å². The van der Waals surface area contributed by atoms with Crippen molar-refractivity contribution in [2.45, 2.75) is 37.7 Å². The molecule has 1 amide bonds. The van der Waals surface area contributed by atoms with Crippen LogP contribution in [0.5, 0.6) is 0 Å². The van der Waals surface area contributed by atoms with E-state index in [0.29, 0.717) is 42.0 Å². The van der Waals surface area contributed by atoms with Crippen molar-refractivity contribution < 1.29 is 17.9 Å². The second kappa shape index (κ2) is 12.2. The highest BCUT2D eigenvalue weighted by Crippen LogP contribution is 2.32. The summed E-state index contributed by atoms with van der Waals surface area (Å²) in [5, 5.41) is 1.20. The van der Waals surface area contributed by atoms with Gasteiger partial charge >= 0.3 is 0 Å². The predicted molar refractivity (Wildman–Crippen MR) is 149 cm³/mol. The fourth-order valence-corrected chi connectivity index (χ4v) is 6.81. The number of ether oxygens (including phenoxy) is 1. The Morgan fingerprint density at radius 1 is 1.14 bits per heavy atom. The van der Waals surface area contributed by atoms with E-state index >= 15 is 0 Å². The molecule has 37 heavy (non-hydrogen) atoms. The molecule has 11 heteroatoms. The molecule has 2 heterocycles. The van der Waals surface area contributed by atoms with Gasteiger partial charge in [0, 0.05) is 43.9 Å². The summed E-state index contributed by atoms with van der Waals surface area (Å²) in [5.74, 6) is -0.228. The van der Waals surface area contributed by atoms with Crippen LogP contribution >= 0.6 is 22.9 Å². The average molecular weight is 565 g/mol. The van der Waals surface area contributed by atoms with Crippen LogP contribution in [0.3, 0.4) is 0 Å². The number of carbonyl (C=O) groups excluding carboxylic acids is 1. The summed E-state index contributed by atoms with van der Waals surface area (Å²) in [4.78, 5) is 22.4. The Bertz CT molecular complexity index is 1320. The summed E-state index contributed by atoms with van der Waals surface area (Å²) in [6.07, 6.45) is 1.72. The van der Waals surface area contributed by atoms with E-state index in [0.717, 1.165) is 36.1 Å². The van der Waals surface area contributed by atoms with Gasteiger partial charge in [0.25, 0.3) is 5.91 Å². The number of likely N-dealkylation sites (N-methyl/N-ethyl adjacent to an activating group) is 2. The number of nitrogens with zero attached hydrogens (tertiary/aromatic N) is 4. The molecule has 0 radical (unpaired) electrons. The largest absolute Gasteiger partial charge is 0.377 e. The molecule has 1 aliphatic heterocycles. The Morgan fingerprint density at radius 3 is 2.51 bits per heavy atom. The van der Waals surface area contributed by atoms with E-state index in [-0.39, 0.29) is 16.9 Å². The van der Waals surface area contributed by atoms with E-state index in [1.165, 1.54) is 27.8 Å². The van der Waals surface area contributed by atoms with E-state index in [1.807, 2.05) is 12.1 Å². The molecule has 1 atom stereocenters. The normalized spacial score (nSPS) is 16.2. The van der Waals surface area contributed by atoms with E-state index in [4.69, 9.17) is 21.3 Å². The van der Waals surface area contributed by atoms with Gasteiger partial charge in [0.05, 0.1) is 21.2 Å². The molecule has 0 aliphatic carbocycles. The third-order valence-corrected chi connectivity index (χ3v) is 9.76. The first-order chi connectivity index (χ1) is 17.7. The number of anilines is 1. The molecule has 0 N–H and O–H groups in total. The lowest BCUT2D eigenvalue weighted by atomic mass is 10.2. The fourth-order valence-electron chi connectivity index (χ4n) is 4.35. The Labute approximate surface area is 227 Å². The van der Waals surface area contributed by atoms with Gasteiger partial charge in [-0.25, -0.2) is 13.4 Å². The maximum absolute atomic E-state index is 13.7. The molecule has 0 spiro atoms. The van der Waals surface area contributed by atoms with E-state index in [2.05, 4.69) is 18.7 Å². The van der Waals surface area contributed by atoms with Crippen molar-refractivity contribution in [1.82, 2.24) is 14.2 Å². The van der Waals surface area contributed by atoms with Gasteiger partial charge in [0.2, 0.25) is 10.0 Å². The van der Waals surface area contributed by atoms with Gasteiger partial charge in [-0.3, -0.25) is 9.69 Å². The number of thiazole rings is 1. The van der Waals surface area contributed by atoms with Crippen LogP contribution < -0.4 is 4.90 Å². The molecular weight excluding hydrogens is 532 g/mol. The Balaban J connectivity index is 1.57. The van der Waals surface area contributed by atoms with Crippen LogP contribution in [0.15, 0.2) is 47.4 Å². The fraction of sp³-hybridized carbons (Fsp3) is 0.462. The SMILES string of the molecule is CCN(CC)CCN(C(=O)c1ccc(S(=O)(=O)N(C)CC2CCCO2)cc1)c1nc2ccc(Cl)cc2s1. The van der Waals surface area contributed by atoms with Gasteiger partial charge in [-0.2, -0.15) is 4.31 Å². The zero-order valence-corrected chi connectivity index (χ0v) is 23.8. The van der Waals surface area contributed by atoms with Gasteiger partial charge in [-0.05, 0) is 68.4 Å². The molecule has 8 nitrogen and oxygen atoms in total. The number of hydrogen-bond donors (Lipinski definition) is 0. The number of rotatable bonds is 11. The van der Waals surface area contributed by atoms with Gasteiger partial charge in [-0.15, -0.1) is 0 Å². The van der Waals surface area contributed by atoms with Crippen LogP contribution in [0.4, 0.5) is 5.13 Å². The second-order valence-corrected chi connectivity index (χ2v) is 12.5. The maximum atomic E-state index is 13.7. The zero-order valence-electron chi connectivity index (χ0n) is 21.4. The highest BCUT2D eigenvalue weighted by molar-refractivity contribution is 7.89. The summed E-state index contributed by atoms with van der Waals surface area (Å²) in [6.45, 7) is 8.05. The summed E-state index contributed by atoms with van der Waals surface area (Å²) >= 11 is 7.57. The topological polar surface area (TPSA) is 83.1 Å². The van der Waals surface area contributed by atoms with Crippen molar-refractivity contribution in [2.75, 3.05) is 51.3 Å². The monoisotopic (exact) mass is 564 g/mol. The average Bonchev–Trinajstić information content (AvgIpc) is 3.56. The molecule has 0 bridgehead atoms. The number of fused-ring (bicyclic) bond motifs is 1. The standard InChI is InChI=1S/C26H33ClN4O4S2/c1-4-30(5-2)14-15-31(26-28-23-13-10-20(27)17-24(23)36-26)25(32)19-8-11-22(12-9-19)37(33,34)29(3)18-21-7-6-16-35-21/h8-13,17,21H,4-7,14-16,18H2,1-3H3. The number of amides is 1. The van der Waals surface area contributed by atoms with Crippen LogP contribution in [0.1, 0.15) is 37.0 Å². The minimum atomic E-state index is -3.69. The summed E-state index contributed by atoms with van der Waals surface area (Å²) in [5.41, 5.74) is 1.18. The summed E-state index contributed by atoms with van der Waals surface area (Å²) in [6, 6.07) is 11.6. The van der Waals surface area contributed by atoms with Crippen LogP contribution in [0, 0.1) is 0 Å². The summed E-state index contributed by atoms with van der Waals surface area (Å²) < 4.78 is 34.0. The predicted octanol–water partition coefficient (Wildman–Crippen LogP) is 4.74. The van der Waals surface area contributed by atoms with Crippen molar-refractivity contribution >= 4 is 54.2 Å². The Morgan fingerprint density at radius 2 is 1.86 bits per heavy atom. The Hall–Kier alpha value is -2.08. The van der Waals surface area contributed by atoms with Crippen molar-refractivity contribution in [2.24, 2.45) is 0 Å². The molecule has 0 saturated carbocycles. The smallest absolute Gasteiger partial charge is 0.260 e. The van der Waals surface area contributed by atoms with Gasteiger partial charge in [0.1, 0.15) is 0 Å². The molecule has 1 aliphatic rings. The molecule has 1 fully saturated rings. The van der Waals surface area contributed by atoms with Gasteiger partial charge in [-0.1, -0.05) is 36.8 Å². The van der Waals surface area contributed by atoms with Crippen molar-refractivity contribution in [1.29, 1.82) is 0 Å². The number of aromatic nitrogens is 1. The maximum Gasteiger partial charge on any atom is 0.260 e. The van der Waals surface area contributed by atoms with Crippen LogP contribution in [0.25, 0.3) is 10.2 Å². The first kappa shape index (κ1) is 27.9. The molecule has 1 unspecified atom stereocenters. The number of sulfonamides is 1. The first-order valence-electron chi connectivity index (χ1n) is 12.5. The molecule has 3 aromatic rings. The minimum absolute atomic E-state index is 0.0799. The van der Waals surface area contributed by atoms with Gasteiger partial charge < -0.3 is 9.64 Å². The highest BCUT2D eigenvalue weighted by Gasteiger charge is 2.27. The zero-order chi connectivity index (χ0) is 26.6. The molecule has 1 aromatic heterocycles. The molecule has 200 valence electrons. The van der Waals surface area contributed by atoms with Crippen LogP contribution in [-0.2, 0) is 14.8 Å². The second-order valence-electron chi connectivity index (χ2n) is 9.04. The number of halogens is 1. The van der Waals surface area contributed by atoms with E-state index in [1.54, 1.807) is 30.1 Å². The Kier molecular flexibility index (Phi) is 9.20. The van der Waals surface area contributed by atoms with Gasteiger partial charge in [0.15, 0.2) is 5.13 Å². The van der Waals surface area contributed by atoms with Crippen molar-refractivity contribution in [3.63, 3.8) is 0 Å². The van der Waals surface area contributed by atoms with Crippen molar-refractivity contribution in [3.8, 4) is 0 Å². The minimum Gasteiger partial charge on any atom is -0.377 e. The lowest BCUT2D eigenvalue weighted by Crippen LogP contribution is -2.39. The first-order valence-corrected chi connectivity index (χ1v) is 15.1. The summed E-state index contributed by atoms with van der Waals surface area (Å²) in [7, 11) is -2.13. The molecule has 4 rings (SSSR count). The lowest BCUT2D eigenvalue weighted by molar-refractivity contribution is 0.0978.